The number of fused-ring (bicyclic) bond motifs is 11. The lowest BCUT2D eigenvalue weighted by molar-refractivity contribution is 0.374. The maximum absolute atomic E-state index is 10.2. The number of hydrogen-bond donors (Lipinski definition) is 0. The summed E-state index contributed by atoms with van der Waals surface area (Å²) in [5, 5.41) is 15.1. The molecule has 252 valence electrons. The fourth-order valence-electron chi connectivity index (χ4n) is 9.87. The molecule has 0 saturated carbocycles. The lowest BCUT2D eigenvalue weighted by Gasteiger charge is -2.43. The van der Waals surface area contributed by atoms with Crippen molar-refractivity contribution in [2.75, 3.05) is 0 Å². The second kappa shape index (κ2) is 11.8. The number of rotatable bonds is 3. The molecule has 3 aliphatic rings. The average molecular weight is 688 g/mol. The second-order valence-electron chi connectivity index (χ2n) is 14.6. The number of para-hydroxylation sites is 2. The highest BCUT2D eigenvalue weighted by atomic mass is 16.5. The smallest absolute Gasteiger partial charge is 0.131 e. The van der Waals surface area contributed by atoms with Crippen LogP contribution in [0.15, 0.2) is 188 Å². The van der Waals surface area contributed by atoms with Crippen LogP contribution >= 0.6 is 0 Å². The number of nitrogens with zero attached hydrogens (tertiary/aromatic N) is 1. The Bertz CT molecular complexity index is 2790. The van der Waals surface area contributed by atoms with Crippen molar-refractivity contribution in [1.82, 2.24) is 0 Å². The lowest BCUT2D eigenvalue weighted by Crippen LogP contribution is -2.37. The molecule has 0 radical (unpaired) electrons. The van der Waals surface area contributed by atoms with Crippen molar-refractivity contribution in [3.63, 3.8) is 0 Å². The standard InChI is InChI=1S/C52H33NO/c53-32-33-25-27-39-40-28-26-36(30-48(40)52(47(39)29-33)45-21-7-9-23-49(45)54-50-24-10-8-22-46(50)52)51-41-19-11-17-37(34-13-3-1-4-14-34)43(41)31-44-38(18-12-20-42(44)51)35-15-5-2-6-16-35/h1-31,40,48H. The summed E-state index contributed by atoms with van der Waals surface area (Å²) in [6.45, 7) is 0. The summed E-state index contributed by atoms with van der Waals surface area (Å²) in [5.41, 5.74) is 12.1. The van der Waals surface area contributed by atoms with Gasteiger partial charge in [-0.05, 0) is 96.4 Å². The van der Waals surface area contributed by atoms with Crippen LogP contribution in [0.4, 0.5) is 0 Å². The number of hydrogen-bond acceptors (Lipinski definition) is 2. The molecule has 0 amide bonds. The molecule has 2 unspecified atom stereocenters. The highest BCUT2D eigenvalue weighted by Gasteiger charge is 2.57. The van der Waals surface area contributed by atoms with Crippen LogP contribution in [0.5, 0.6) is 11.5 Å². The van der Waals surface area contributed by atoms with Crippen LogP contribution in [0.1, 0.15) is 39.3 Å². The van der Waals surface area contributed by atoms with Gasteiger partial charge >= 0.3 is 0 Å². The highest BCUT2D eigenvalue weighted by Crippen LogP contribution is 2.65. The van der Waals surface area contributed by atoms with Crippen LogP contribution in [0.2, 0.25) is 0 Å². The van der Waals surface area contributed by atoms with Gasteiger partial charge in [-0.25, -0.2) is 0 Å². The fourth-order valence-corrected chi connectivity index (χ4v) is 9.87. The lowest BCUT2D eigenvalue weighted by atomic mass is 9.61. The third kappa shape index (κ3) is 4.27. The van der Waals surface area contributed by atoms with Crippen LogP contribution in [0, 0.1) is 17.2 Å². The zero-order valence-electron chi connectivity index (χ0n) is 29.4. The van der Waals surface area contributed by atoms with E-state index in [1.807, 2.05) is 6.07 Å². The van der Waals surface area contributed by atoms with Crippen LogP contribution < -0.4 is 4.74 Å². The zero-order valence-corrected chi connectivity index (χ0v) is 29.4. The van der Waals surface area contributed by atoms with Gasteiger partial charge in [0.2, 0.25) is 0 Å². The van der Waals surface area contributed by atoms with Gasteiger partial charge in [-0.1, -0.05) is 158 Å². The Morgan fingerprint density at radius 1 is 0.519 bits per heavy atom. The summed E-state index contributed by atoms with van der Waals surface area (Å²) >= 11 is 0. The van der Waals surface area contributed by atoms with E-state index in [1.54, 1.807) is 0 Å². The average Bonchev–Trinajstić information content (AvgIpc) is 3.52. The van der Waals surface area contributed by atoms with E-state index in [-0.39, 0.29) is 11.8 Å². The Morgan fingerprint density at radius 2 is 1.09 bits per heavy atom. The van der Waals surface area contributed by atoms with Crippen molar-refractivity contribution >= 4 is 27.1 Å². The molecule has 8 aromatic rings. The van der Waals surface area contributed by atoms with Crippen molar-refractivity contribution in [3.8, 4) is 39.8 Å². The van der Waals surface area contributed by atoms with E-state index in [0.29, 0.717) is 5.56 Å². The first-order chi connectivity index (χ1) is 26.7. The van der Waals surface area contributed by atoms with Gasteiger partial charge in [0.25, 0.3) is 0 Å². The molecule has 8 aromatic carbocycles. The maximum atomic E-state index is 10.2. The Morgan fingerprint density at radius 3 is 1.69 bits per heavy atom. The van der Waals surface area contributed by atoms with Crippen molar-refractivity contribution in [3.05, 3.63) is 221 Å². The number of benzene rings is 8. The van der Waals surface area contributed by atoms with Gasteiger partial charge in [-0.3, -0.25) is 0 Å². The molecule has 1 spiro atoms. The molecule has 1 aliphatic heterocycles. The molecule has 2 aliphatic carbocycles. The molecular formula is C52H33NO. The van der Waals surface area contributed by atoms with Gasteiger partial charge in [0.05, 0.1) is 17.0 Å². The molecule has 1 heterocycles. The van der Waals surface area contributed by atoms with Crippen molar-refractivity contribution in [2.24, 2.45) is 5.92 Å². The highest BCUT2D eigenvalue weighted by molar-refractivity contribution is 6.17. The largest absolute Gasteiger partial charge is 0.457 e. The molecule has 0 fully saturated rings. The molecule has 0 bridgehead atoms. The van der Waals surface area contributed by atoms with Crippen LogP contribution in [0.25, 0.3) is 49.4 Å². The summed E-state index contributed by atoms with van der Waals surface area (Å²) < 4.78 is 6.65. The maximum Gasteiger partial charge on any atom is 0.131 e. The minimum atomic E-state index is -0.570. The van der Waals surface area contributed by atoms with Gasteiger partial charge in [0, 0.05) is 23.0 Å². The molecule has 54 heavy (non-hydrogen) atoms. The van der Waals surface area contributed by atoms with E-state index in [2.05, 4.69) is 188 Å². The molecular weight excluding hydrogens is 655 g/mol. The van der Waals surface area contributed by atoms with Gasteiger partial charge in [-0.15, -0.1) is 0 Å². The minimum Gasteiger partial charge on any atom is -0.457 e. The second-order valence-corrected chi connectivity index (χ2v) is 14.6. The molecule has 0 N–H and O–H groups in total. The molecule has 2 atom stereocenters. The monoisotopic (exact) mass is 687 g/mol. The quantitative estimate of drug-likeness (QED) is 0.173. The van der Waals surface area contributed by atoms with Gasteiger partial charge < -0.3 is 4.74 Å². The first kappa shape index (κ1) is 30.7. The van der Waals surface area contributed by atoms with E-state index >= 15 is 0 Å². The first-order valence-corrected chi connectivity index (χ1v) is 18.6. The third-order valence-electron chi connectivity index (χ3n) is 12.0. The van der Waals surface area contributed by atoms with Crippen LogP contribution in [-0.2, 0) is 5.41 Å². The zero-order chi connectivity index (χ0) is 35.8. The van der Waals surface area contributed by atoms with E-state index in [0.717, 1.165) is 22.6 Å². The fraction of sp³-hybridized carbons (Fsp3) is 0.0577. The van der Waals surface area contributed by atoms with Crippen LogP contribution in [0.3, 0.4) is 0 Å². The van der Waals surface area contributed by atoms with Gasteiger partial charge in [0.15, 0.2) is 0 Å². The van der Waals surface area contributed by atoms with Crippen molar-refractivity contribution in [2.45, 2.75) is 11.3 Å². The summed E-state index contributed by atoms with van der Waals surface area (Å²) in [5.74, 6) is 1.86. The molecule has 0 saturated heterocycles. The van der Waals surface area contributed by atoms with E-state index in [9.17, 15) is 5.26 Å². The Hall–Kier alpha value is -6.95. The number of nitriles is 1. The van der Waals surface area contributed by atoms with Crippen LogP contribution in [-0.4, -0.2) is 0 Å². The summed E-state index contributed by atoms with van der Waals surface area (Å²) in [6, 6.07) is 63.2. The normalized spacial score (nSPS) is 17.2. The molecule has 2 heteroatoms. The summed E-state index contributed by atoms with van der Waals surface area (Å²) in [7, 11) is 0. The number of ether oxygens (including phenoxy) is 1. The third-order valence-corrected chi connectivity index (χ3v) is 12.0. The van der Waals surface area contributed by atoms with E-state index in [1.165, 1.54) is 66.1 Å². The summed E-state index contributed by atoms with van der Waals surface area (Å²) in [4.78, 5) is 0. The first-order valence-electron chi connectivity index (χ1n) is 18.6. The molecule has 0 aromatic heterocycles. The predicted octanol–water partition coefficient (Wildman–Crippen LogP) is 13.0. The Balaban J connectivity index is 1.24. The predicted molar refractivity (Wildman–Crippen MR) is 220 cm³/mol. The van der Waals surface area contributed by atoms with Crippen molar-refractivity contribution in [1.29, 1.82) is 5.26 Å². The Labute approximate surface area is 314 Å². The van der Waals surface area contributed by atoms with Gasteiger partial charge in [-0.2, -0.15) is 5.26 Å². The topological polar surface area (TPSA) is 33.0 Å². The molecule has 2 nitrogen and oxygen atoms in total. The van der Waals surface area contributed by atoms with Gasteiger partial charge in [0.1, 0.15) is 11.5 Å². The minimum absolute atomic E-state index is 0.0209. The van der Waals surface area contributed by atoms with E-state index in [4.69, 9.17) is 4.74 Å². The molecule has 11 rings (SSSR count). The Kier molecular flexibility index (Phi) is 6.69. The van der Waals surface area contributed by atoms with Crippen molar-refractivity contribution < 1.29 is 4.74 Å². The van der Waals surface area contributed by atoms with E-state index < -0.39 is 5.41 Å². The SMILES string of the molecule is N#Cc1ccc2c(c1)C1(c3ccccc3Oc3ccccc31)C1C=C(c3c4cccc(-c5ccccc5)c4cc4c(-c5ccccc5)cccc34)C=CC21. The number of allylic oxidation sites excluding steroid dienone is 4. The summed E-state index contributed by atoms with van der Waals surface area (Å²) in [6.07, 6.45) is 7.33.